The Kier molecular flexibility index (Phi) is 4.12. The number of rotatable bonds is 5. The molecule has 1 aromatic rings. The Bertz CT molecular complexity index is 296. The first-order valence-electron chi connectivity index (χ1n) is 4.39. The number of H-pyrrole nitrogens is 1. The van der Waals surface area contributed by atoms with Gasteiger partial charge in [-0.1, -0.05) is 0 Å². The highest BCUT2D eigenvalue weighted by Crippen LogP contribution is 2.01. The molecule has 0 amide bonds. The van der Waals surface area contributed by atoms with E-state index in [2.05, 4.69) is 14.7 Å². The van der Waals surface area contributed by atoms with Crippen LogP contribution in [0.1, 0.15) is 22.7 Å². The summed E-state index contributed by atoms with van der Waals surface area (Å²) in [5, 5.41) is 0. The van der Waals surface area contributed by atoms with E-state index in [9.17, 15) is 4.79 Å². The maximum Gasteiger partial charge on any atom is 0.356 e. The Morgan fingerprint density at radius 2 is 2.36 bits per heavy atom. The molecule has 0 aliphatic rings. The molecule has 1 heterocycles. The van der Waals surface area contributed by atoms with Crippen molar-refractivity contribution in [2.45, 2.75) is 12.8 Å². The van der Waals surface area contributed by atoms with Gasteiger partial charge < -0.3 is 14.5 Å². The van der Waals surface area contributed by atoms with Crippen LogP contribution in [0.4, 0.5) is 0 Å². The molecule has 0 aliphatic carbocycles. The van der Waals surface area contributed by atoms with Gasteiger partial charge in [0.15, 0.2) is 0 Å². The van der Waals surface area contributed by atoms with Crippen LogP contribution in [-0.2, 0) is 15.9 Å². The van der Waals surface area contributed by atoms with Gasteiger partial charge in [0.05, 0.1) is 13.3 Å². The number of aromatic nitrogens is 2. The van der Waals surface area contributed by atoms with Gasteiger partial charge in [0.1, 0.15) is 11.5 Å². The second-order valence-corrected chi connectivity index (χ2v) is 2.83. The molecule has 0 radical (unpaired) electrons. The molecule has 78 valence electrons. The number of hydrogen-bond acceptors (Lipinski definition) is 4. The third-order valence-corrected chi connectivity index (χ3v) is 1.80. The molecule has 0 unspecified atom stereocenters. The van der Waals surface area contributed by atoms with Gasteiger partial charge in [-0.2, -0.15) is 0 Å². The minimum absolute atomic E-state index is 0.389. The van der Waals surface area contributed by atoms with E-state index in [1.54, 1.807) is 7.11 Å². The number of imidazole rings is 1. The summed E-state index contributed by atoms with van der Waals surface area (Å²) >= 11 is 0. The number of aryl methyl sites for hydroxylation is 1. The number of nitrogens with one attached hydrogen (secondary N) is 1. The smallest absolute Gasteiger partial charge is 0.356 e. The molecule has 0 aliphatic heterocycles. The summed E-state index contributed by atoms with van der Waals surface area (Å²) < 4.78 is 9.45. The third-order valence-electron chi connectivity index (χ3n) is 1.80. The molecule has 5 nitrogen and oxygen atoms in total. The van der Waals surface area contributed by atoms with Crippen LogP contribution in [-0.4, -0.2) is 36.8 Å². The molecule has 5 heteroatoms. The molecule has 1 rings (SSSR count). The van der Waals surface area contributed by atoms with Crippen molar-refractivity contribution >= 4 is 5.97 Å². The Morgan fingerprint density at radius 1 is 1.57 bits per heavy atom. The second kappa shape index (κ2) is 5.39. The van der Waals surface area contributed by atoms with Crippen LogP contribution in [0.5, 0.6) is 0 Å². The molecule has 0 saturated heterocycles. The molecule has 1 N–H and O–H groups in total. The zero-order valence-electron chi connectivity index (χ0n) is 8.37. The van der Waals surface area contributed by atoms with Crippen LogP contribution in [0.2, 0.25) is 0 Å². The zero-order chi connectivity index (χ0) is 10.4. The summed E-state index contributed by atoms with van der Waals surface area (Å²) in [4.78, 5) is 18.0. The summed E-state index contributed by atoms with van der Waals surface area (Å²) in [6, 6.07) is 0. The number of carbonyl (C=O) groups excluding carboxylic acids is 1. The van der Waals surface area contributed by atoms with Crippen molar-refractivity contribution < 1.29 is 14.3 Å². The fourth-order valence-electron chi connectivity index (χ4n) is 1.09. The van der Waals surface area contributed by atoms with Gasteiger partial charge in [-0.25, -0.2) is 9.78 Å². The number of hydrogen-bond donors (Lipinski definition) is 1. The zero-order valence-corrected chi connectivity index (χ0v) is 8.37. The van der Waals surface area contributed by atoms with Gasteiger partial charge in [-0.15, -0.1) is 0 Å². The van der Waals surface area contributed by atoms with Crippen molar-refractivity contribution in [1.29, 1.82) is 0 Å². The maximum absolute atomic E-state index is 11.0. The molecule has 0 saturated carbocycles. The van der Waals surface area contributed by atoms with E-state index in [0.29, 0.717) is 12.3 Å². The van der Waals surface area contributed by atoms with Gasteiger partial charge >= 0.3 is 5.97 Å². The lowest BCUT2D eigenvalue weighted by molar-refractivity contribution is 0.0594. The van der Waals surface area contributed by atoms with E-state index in [1.165, 1.54) is 13.3 Å². The minimum atomic E-state index is -0.393. The van der Waals surface area contributed by atoms with Gasteiger partial charge in [-0.3, -0.25) is 0 Å². The molecule has 0 spiro atoms. The number of methoxy groups -OCH3 is 2. The number of aromatic amines is 1. The van der Waals surface area contributed by atoms with Crippen molar-refractivity contribution in [2.24, 2.45) is 0 Å². The highest BCUT2D eigenvalue weighted by molar-refractivity contribution is 5.86. The van der Waals surface area contributed by atoms with E-state index < -0.39 is 5.97 Å². The summed E-state index contributed by atoms with van der Waals surface area (Å²) in [7, 11) is 3.00. The fourth-order valence-corrected chi connectivity index (χ4v) is 1.09. The fraction of sp³-hybridized carbons (Fsp3) is 0.556. The standard InChI is InChI=1S/C9H14N2O3/c1-13-5-3-4-8-10-6-7(11-8)9(12)14-2/h6H,3-5H2,1-2H3,(H,10,11). The SMILES string of the molecule is COCCCc1ncc(C(=O)OC)[nH]1. The summed E-state index contributed by atoms with van der Waals surface area (Å²) in [6.45, 7) is 0.689. The lowest BCUT2D eigenvalue weighted by Crippen LogP contribution is -2.01. The maximum atomic E-state index is 11.0. The van der Waals surface area contributed by atoms with E-state index >= 15 is 0 Å². The van der Waals surface area contributed by atoms with Crippen molar-refractivity contribution in [3.63, 3.8) is 0 Å². The molecule has 0 fully saturated rings. The average Bonchev–Trinajstić information content (AvgIpc) is 2.66. The Hall–Kier alpha value is -1.36. The highest BCUT2D eigenvalue weighted by atomic mass is 16.5. The molecule has 0 aromatic carbocycles. The van der Waals surface area contributed by atoms with Gasteiger partial charge in [0.2, 0.25) is 0 Å². The molecule has 1 aromatic heterocycles. The first-order chi connectivity index (χ1) is 6.77. The van der Waals surface area contributed by atoms with Crippen LogP contribution in [0.3, 0.4) is 0 Å². The van der Waals surface area contributed by atoms with E-state index in [0.717, 1.165) is 18.7 Å². The topological polar surface area (TPSA) is 64.2 Å². The normalized spacial score (nSPS) is 10.1. The van der Waals surface area contributed by atoms with Gasteiger partial charge in [0.25, 0.3) is 0 Å². The number of carbonyl (C=O) groups is 1. The van der Waals surface area contributed by atoms with Crippen molar-refractivity contribution in [2.75, 3.05) is 20.8 Å². The van der Waals surface area contributed by atoms with Gasteiger partial charge in [0, 0.05) is 20.1 Å². The summed E-state index contributed by atoms with van der Waals surface area (Å²) in [6.07, 6.45) is 3.13. The number of ether oxygens (including phenoxy) is 2. The lowest BCUT2D eigenvalue weighted by Gasteiger charge is -1.96. The van der Waals surface area contributed by atoms with Crippen molar-refractivity contribution in [1.82, 2.24) is 9.97 Å². The minimum Gasteiger partial charge on any atom is -0.464 e. The first kappa shape index (κ1) is 10.7. The molecular formula is C9H14N2O3. The third kappa shape index (κ3) is 2.85. The number of esters is 1. The Labute approximate surface area is 82.4 Å². The van der Waals surface area contributed by atoms with Crippen LogP contribution < -0.4 is 0 Å². The van der Waals surface area contributed by atoms with Crippen LogP contribution in [0, 0.1) is 0 Å². The second-order valence-electron chi connectivity index (χ2n) is 2.83. The predicted molar refractivity (Wildman–Crippen MR) is 50.1 cm³/mol. The molecule has 0 bridgehead atoms. The predicted octanol–water partition coefficient (Wildman–Crippen LogP) is 0.775. The average molecular weight is 198 g/mol. The monoisotopic (exact) mass is 198 g/mol. The van der Waals surface area contributed by atoms with Crippen LogP contribution in [0.25, 0.3) is 0 Å². The van der Waals surface area contributed by atoms with E-state index in [-0.39, 0.29) is 0 Å². The van der Waals surface area contributed by atoms with E-state index in [4.69, 9.17) is 4.74 Å². The Balaban J connectivity index is 2.46. The Morgan fingerprint density at radius 3 is 3.00 bits per heavy atom. The van der Waals surface area contributed by atoms with Crippen molar-refractivity contribution in [3.05, 3.63) is 17.7 Å². The molecule has 0 atom stereocenters. The molecule has 14 heavy (non-hydrogen) atoms. The van der Waals surface area contributed by atoms with E-state index in [1.807, 2.05) is 0 Å². The lowest BCUT2D eigenvalue weighted by atomic mass is 10.3. The first-order valence-corrected chi connectivity index (χ1v) is 4.39. The highest BCUT2D eigenvalue weighted by Gasteiger charge is 2.08. The quantitative estimate of drug-likeness (QED) is 0.560. The number of nitrogens with zero attached hydrogens (tertiary/aromatic N) is 1. The van der Waals surface area contributed by atoms with Crippen molar-refractivity contribution in [3.8, 4) is 0 Å². The van der Waals surface area contributed by atoms with Crippen LogP contribution in [0.15, 0.2) is 6.20 Å². The summed E-state index contributed by atoms with van der Waals surface area (Å²) in [5.41, 5.74) is 0.389. The molecular weight excluding hydrogens is 184 g/mol. The summed E-state index contributed by atoms with van der Waals surface area (Å²) in [5.74, 6) is 0.387. The van der Waals surface area contributed by atoms with Gasteiger partial charge in [-0.05, 0) is 6.42 Å². The van der Waals surface area contributed by atoms with Crippen LogP contribution >= 0.6 is 0 Å². The largest absolute Gasteiger partial charge is 0.464 e.